The minimum atomic E-state index is -4.57. The smallest absolute Gasteiger partial charge is 0.433 e. The molecule has 188 valence electrons. The number of pyridine rings is 2. The topological polar surface area (TPSA) is 89.0 Å². The van der Waals surface area contributed by atoms with Crippen LogP contribution in [0.5, 0.6) is 5.75 Å². The van der Waals surface area contributed by atoms with Crippen molar-refractivity contribution in [2.24, 2.45) is 0 Å². The van der Waals surface area contributed by atoms with Crippen LogP contribution < -0.4 is 15.6 Å². The van der Waals surface area contributed by atoms with Crippen LogP contribution in [0.1, 0.15) is 51.5 Å². The summed E-state index contributed by atoms with van der Waals surface area (Å²) in [6.07, 6.45) is -3.43. The maximum absolute atomic E-state index is 13.4. The summed E-state index contributed by atoms with van der Waals surface area (Å²) in [7, 11) is 1.45. The van der Waals surface area contributed by atoms with Gasteiger partial charge in [0.2, 0.25) is 0 Å². The predicted octanol–water partition coefficient (Wildman–Crippen LogP) is 4.91. The molecule has 3 heterocycles. The lowest BCUT2D eigenvalue weighted by molar-refractivity contribution is -0.141. The van der Waals surface area contributed by atoms with Crippen molar-refractivity contribution < 1.29 is 22.7 Å². The summed E-state index contributed by atoms with van der Waals surface area (Å²) >= 11 is 0. The van der Waals surface area contributed by atoms with Crippen LogP contribution in [0.2, 0.25) is 0 Å². The lowest BCUT2D eigenvalue weighted by Gasteiger charge is -2.19. The molecule has 0 saturated heterocycles. The van der Waals surface area contributed by atoms with Crippen molar-refractivity contribution in [2.75, 3.05) is 7.11 Å². The Hall–Kier alpha value is -4.08. The van der Waals surface area contributed by atoms with Gasteiger partial charge < -0.3 is 19.6 Å². The Balaban J connectivity index is 1.73. The zero-order valence-corrected chi connectivity index (χ0v) is 20.2. The number of amides is 1. The summed E-state index contributed by atoms with van der Waals surface area (Å²) in [5.41, 5.74) is 1.64. The average Bonchev–Trinajstić information content (AvgIpc) is 3.13. The van der Waals surface area contributed by atoms with E-state index >= 15 is 0 Å². The van der Waals surface area contributed by atoms with Crippen molar-refractivity contribution in [3.05, 3.63) is 92.8 Å². The Morgan fingerprint density at radius 2 is 1.92 bits per heavy atom. The molecule has 1 aromatic carbocycles. The molecule has 4 aromatic rings. The van der Waals surface area contributed by atoms with Gasteiger partial charge in [-0.1, -0.05) is 18.2 Å². The first kappa shape index (κ1) is 25.0. The van der Waals surface area contributed by atoms with Gasteiger partial charge in [-0.3, -0.25) is 14.6 Å². The number of alkyl halides is 3. The number of halogens is 3. The van der Waals surface area contributed by atoms with Gasteiger partial charge >= 0.3 is 6.18 Å². The SMILES string of the molecule is COc1cc(C)[nH]c(=O)c1CNC(=O)c1c(C)n(C(C)c2ccnc(C(F)(F)F)c2)c2ccccc12. The number of nitrogens with zero attached hydrogens (tertiary/aromatic N) is 2. The third-order valence-electron chi connectivity index (χ3n) is 6.20. The molecule has 0 aliphatic rings. The molecular formula is C26H25F3N4O3. The molecule has 0 spiro atoms. The van der Waals surface area contributed by atoms with Crippen LogP contribution in [0.15, 0.2) is 53.5 Å². The number of H-pyrrole nitrogens is 1. The molecule has 1 atom stereocenters. The third kappa shape index (κ3) is 4.58. The van der Waals surface area contributed by atoms with E-state index in [0.717, 1.165) is 12.3 Å². The first-order valence-electron chi connectivity index (χ1n) is 11.2. The highest BCUT2D eigenvalue weighted by Gasteiger charge is 2.33. The third-order valence-corrected chi connectivity index (χ3v) is 6.20. The van der Waals surface area contributed by atoms with E-state index in [1.807, 2.05) is 10.6 Å². The molecule has 4 rings (SSSR count). The van der Waals surface area contributed by atoms with E-state index in [2.05, 4.69) is 15.3 Å². The van der Waals surface area contributed by atoms with Gasteiger partial charge in [-0.2, -0.15) is 13.2 Å². The molecule has 0 aliphatic heterocycles. The normalized spacial score (nSPS) is 12.5. The van der Waals surface area contributed by atoms with E-state index in [0.29, 0.717) is 39.2 Å². The van der Waals surface area contributed by atoms with Crippen LogP contribution in [0.25, 0.3) is 10.9 Å². The number of rotatable bonds is 6. The molecule has 7 nitrogen and oxygen atoms in total. The Morgan fingerprint density at radius 3 is 2.61 bits per heavy atom. The molecule has 0 radical (unpaired) electrons. The first-order chi connectivity index (χ1) is 17.0. The molecule has 0 fully saturated rings. The molecule has 10 heteroatoms. The fraction of sp³-hybridized carbons (Fsp3) is 0.269. The zero-order chi connectivity index (χ0) is 26.2. The number of aryl methyl sites for hydroxylation is 1. The van der Waals surface area contributed by atoms with E-state index in [4.69, 9.17) is 4.74 Å². The highest BCUT2D eigenvalue weighted by atomic mass is 19.4. The van der Waals surface area contributed by atoms with Crippen molar-refractivity contribution in [2.45, 2.75) is 39.5 Å². The van der Waals surface area contributed by atoms with Gasteiger partial charge in [0.05, 0.1) is 30.8 Å². The molecular weight excluding hydrogens is 473 g/mol. The number of carbonyl (C=O) groups is 1. The van der Waals surface area contributed by atoms with Crippen molar-refractivity contribution in [3.8, 4) is 5.75 Å². The summed E-state index contributed by atoms with van der Waals surface area (Å²) in [6.45, 7) is 5.18. The second-order valence-corrected chi connectivity index (χ2v) is 8.51. The molecule has 2 N–H and O–H groups in total. The molecule has 0 saturated carbocycles. The summed E-state index contributed by atoms with van der Waals surface area (Å²) in [6, 6.07) is 10.9. The Labute approximate surface area is 204 Å². The minimum Gasteiger partial charge on any atom is -0.496 e. The van der Waals surface area contributed by atoms with Crippen molar-refractivity contribution >= 4 is 16.8 Å². The van der Waals surface area contributed by atoms with Crippen LogP contribution >= 0.6 is 0 Å². The van der Waals surface area contributed by atoms with Gasteiger partial charge in [-0.05, 0) is 50.6 Å². The average molecular weight is 499 g/mol. The molecule has 0 bridgehead atoms. The van der Waals surface area contributed by atoms with Gasteiger partial charge in [-0.25, -0.2) is 0 Å². The van der Waals surface area contributed by atoms with Crippen LogP contribution in [0.3, 0.4) is 0 Å². The molecule has 1 amide bonds. The summed E-state index contributed by atoms with van der Waals surface area (Å²) in [5.74, 6) is -0.0511. The molecule has 3 aromatic heterocycles. The van der Waals surface area contributed by atoms with Crippen LogP contribution in [0.4, 0.5) is 13.2 Å². The maximum Gasteiger partial charge on any atom is 0.433 e. The van der Waals surface area contributed by atoms with Gasteiger partial charge in [0.15, 0.2) is 0 Å². The van der Waals surface area contributed by atoms with Crippen LogP contribution in [-0.4, -0.2) is 27.6 Å². The number of hydrogen-bond acceptors (Lipinski definition) is 4. The zero-order valence-electron chi connectivity index (χ0n) is 20.2. The van der Waals surface area contributed by atoms with Crippen molar-refractivity contribution in [3.63, 3.8) is 0 Å². The number of para-hydroxylation sites is 1. The molecule has 1 unspecified atom stereocenters. The van der Waals surface area contributed by atoms with Crippen molar-refractivity contribution in [1.29, 1.82) is 0 Å². The standard InChI is InChI=1S/C26H25F3N4O3/c1-14-11-21(36-4)19(24(34)32-14)13-31-25(35)23-16(3)33(20-8-6-5-7-18(20)23)15(2)17-9-10-30-22(12-17)26(27,28)29/h5-12,15H,13H2,1-4H3,(H,31,35)(H,32,34). The van der Waals surface area contributed by atoms with Crippen LogP contribution in [0, 0.1) is 13.8 Å². The highest BCUT2D eigenvalue weighted by molar-refractivity contribution is 6.08. The largest absolute Gasteiger partial charge is 0.496 e. The summed E-state index contributed by atoms with van der Waals surface area (Å²) in [5, 5.41) is 3.44. The number of hydrogen-bond donors (Lipinski definition) is 2. The summed E-state index contributed by atoms with van der Waals surface area (Å²) in [4.78, 5) is 31.9. The minimum absolute atomic E-state index is 0.0641. The van der Waals surface area contributed by atoms with Gasteiger partial charge in [0.25, 0.3) is 11.5 Å². The van der Waals surface area contributed by atoms with E-state index < -0.39 is 23.8 Å². The quantitative estimate of drug-likeness (QED) is 0.396. The van der Waals surface area contributed by atoms with Gasteiger partial charge in [0.1, 0.15) is 11.4 Å². The van der Waals surface area contributed by atoms with E-state index in [1.165, 1.54) is 13.2 Å². The molecule has 0 aliphatic carbocycles. The maximum atomic E-state index is 13.4. The number of benzene rings is 1. The number of aromatic amines is 1. The van der Waals surface area contributed by atoms with Gasteiger partial charge in [-0.15, -0.1) is 0 Å². The van der Waals surface area contributed by atoms with E-state index in [1.54, 1.807) is 45.0 Å². The lowest BCUT2D eigenvalue weighted by atomic mass is 10.1. The van der Waals surface area contributed by atoms with Crippen molar-refractivity contribution in [1.82, 2.24) is 19.9 Å². The Bertz CT molecular complexity index is 1500. The van der Waals surface area contributed by atoms with Gasteiger partial charge in [0, 0.05) is 28.5 Å². The number of fused-ring (bicyclic) bond motifs is 1. The Morgan fingerprint density at radius 1 is 1.19 bits per heavy atom. The fourth-order valence-electron chi connectivity index (χ4n) is 4.48. The predicted molar refractivity (Wildman–Crippen MR) is 129 cm³/mol. The fourth-order valence-corrected chi connectivity index (χ4v) is 4.48. The number of ether oxygens (including phenoxy) is 1. The van der Waals surface area contributed by atoms with E-state index in [-0.39, 0.29) is 17.7 Å². The second kappa shape index (κ2) is 9.52. The van der Waals surface area contributed by atoms with E-state index in [9.17, 15) is 22.8 Å². The summed E-state index contributed by atoms with van der Waals surface area (Å²) < 4.78 is 46.9. The second-order valence-electron chi connectivity index (χ2n) is 8.51. The monoisotopic (exact) mass is 498 g/mol. The molecule has 36 heavy (non-hydrogen) atoms. The number of methoxy groups -OCH3 is 1. The highest BCUT2D eigenvalue weighted by Crippen LogP contribution is 2.34. The number of nitrogens with one attached hydrogen (secondary N) is 2. The number of aromatic nitrogens is 3. The number of carbonyl (C=O) groups excluding carboxylic acids is 1. The Kier molecular flexibility index (Phi) is 6.62. The van der Waals surface area contributed by atoms with Crippen LogP contribution in [-0.2, 0) is 12.7 Å². The lowest BCUT2D eigenvalue weighted by Crippen LogP contribution is -2.28. The first-order valence-corrected chi connectivity index (χ1v) is 11.2.